The number of aromatic nitrogens is 2. The molecule has 2 N–H and O–H groups in total. The second-order valence-corrected chi connectivity index (χ2v) is 5.99. The van der Waals surface area contributed by atoms with Gasteiger partial charge < -0.3 is 10.1 Å². The number of nitrogens with one attached hydrogen (secondary N) is 1. The number of aliphatic carboxylic acids is 1. The zero-order valence-electron chi connectivity index (χ0n) is 10.6. The third-order valence-corrected chi connectivity index (χ3v) is 4.34. The molecular formula is C12H13N3O4S. The standard InChI is InChI=1S/C12H13N3O4S/c1-9-2-4-10(5-3-9)15(7-12(16)17)20(18,19)11-6-13-8-14-11/h2-6,8H,7H2,1H3,(H,13,14)(H,16,17). The highest BCUT2D eigenvalue weighted by atomic mass is 32.2. The summed E-state index contributed by atoms with van der Waals surface area (Å²) in [7, 11) is -3.98. The molecule has 0 saturated heterocycles. The predicted octanol–water partition coefficient (Wildman–Crippen LogP) is 0.998. The summed E-state index contributed by atoms with van der Waals surface area (Å²) in [6.45, 7) is 1.19. The van der Waals surface area contributed by atoms with Gasteiger partial charge in [0.25, 0.3) is 10.0 Å². The molecule has 1 heterocycles. The number of carboxylic acids is 1. The Morgan fingerprint density at radius 2 is 2.00 bits per heavy atom. The third-order valence-electron chi connectivity index (χ3n) is 2.64. The van der Waals surface area contributed by atoms with Crippen LogP contribution in [0.3, 0.4) is 0 Å². The highest BCUT2D eigenvalue weighted by Crippen LogP contribution is 2.22. The Morgan fingerprint density at radius 1 is 1.35 bits per heavy atom. The fourth-order valence-electron chi connectivity index (χ4n) is 1.65. The first-order chi connectivity index (χ1) is 9.41. The molecule has 2 rings (SSSR count). The summed E-state index contributed by atoms with van der Waals surface area (Å²) in [5.74, 6) is -1.24. The Balaban J connectivity index is 2.48. The van der Waals surface area contributed by atoms with E-state index in [1.807, 2.05) is 6.92 Å². The number of anilines is 1. The van der Waals surface area contributed by atoms with Gasteiger partial charge in [-0.05, 0) is 19.1 Å². The molecule has 0 spiro atoms. The molecule has 0 radical (unpaired) electrons. The number of rotatable bonds is 5. The summed E-state index contributed by atoms with van der Waals surface area (Å²) < 4.78 is 25.6. The maximum atomic E-state index is 12.4. The Bertz CT molecular complexity index is 693. The van der Waals surface area contributed by atoms with Gasteiger partial charge in [-0.25, -0.2) is 4.98 Å². The van der Waals surface area contributed by atoms with Crippen LogP contribution in [-0.4, -0.2) is 36.0 Å². The van der Waals surface area contributed by atoms with Crippen molar-refractivity contribution in [2.24, 2.45) is 0 Å². The number of hydrogen-bond acceptors (Lipinski definition) is 4. The number of nitrogens with zero attached hydrogens (tertiary/aromatic N) is 2. The van der Waals surface area contributed by atoms with Gasteiger partial charge in [0, 0.05) is 0 Å². The van der Waals surface area contributed by atoms with Crippen molar-refractivity contribution < 1.29 is 18.3 Å². The van der Waals surface area contributed by atoms with Crippen molar-refractivity contribution >= 4 is 21.7 Å². The van der Waals surface area contributed by atoms with E-state index in [1.54, 1.807) is 24.3 Å². The van der Waals surface area contributed by atoms with Gasteiger partial charge in [-0.2, -0.15) is 8.42 Å². The van der Waals surface area contributed by atoms with E-state index in [-0.39, 0.29) is 10.7 Å². The molecule has 106 valence electrons. The van der Waals surface area contributed by atoms with E-state index < -0.39 is 22.5 Å². The van der Waals surface area contributed by atoms with Gasteiger partial charge in [0.15, 0.2) is 5.03 Å². The lowest BCUT2D eigenvalue weighted by Gasteiger charge is -2.21. The van der Waals surface area contributed by atoms with Crippen LogP contribution in [0.5, 0.6) is 0 Å². The molecule has 7 nitrogen and oxygen atoms in total. The monoisotopic (exact) mass is 295 g/mol. The van der Waals surface area contributed by atoms with Gasteiger partial charge in [-0.1, -0.05) is 17.7 Å². The molecule has 20 heavy (non-hydrogen) atoms. The number of imidazole rings is 1. The van der Waals surface area contributed by atoms with Crippen LogP contribution in [0.15, 0.2) is 41.8 Å². The minimum absolute atomic E-state index is 0.153. The van der Waals surface area contributed by atoms with Crippen molar-refractivity contribution in [3.05, 3.63) is 42.4 Å². The van der Waals surface area contributed by atoms with Crippen molar-refractivity contribution in [1.29, 1.82) is 0 Å². The fourth-order valence-corrected chi connectivity index (χ4v) is 2.96. The molecule has 0 amide bonds. The smallest absolute Gasteiger partial charge is 0.324 e. The van der Waals surface area contributed by atoms with Crippen molar-refractivity contribution in [2.45, 2.75) is 11.9 Å². The molecule has 2 aromatic rings. The maximum Gasteiger partial charge on any atom is 0.324 e. The second-order valence-electron chi connectivity index (χ2n) is 4.16. The van der Waals surface area contributed by atoms with E-state index in [0.29, 0.717) is 0 Å². The normalized spacial score (nSPS) is 11.2. The number of H-pyrrole nitrogens is 1. The zero-order chi connectivity index (χ0) is 14.8. The molecule has 0 fully saturated rings. The highest BCUT2D eigenvalue weighted by Gasteiger charge is 2.28. The van der Waals surface area contributed by atoms with Crippen LogP contribution in [0.1, 0.15) is 5.56 Å². The number of aromatic amines is 1. The van der Waals surface area contributed by atoms with Crippen LogP contribution in [0, 0.1) is 6.92 Å². The minimum atomic E-state index is -3.98. The average molecular weight is 295 g/mol. The summed E-state index contributed by atoms with van der Waals surface area (Å²) in [6.07, 6.45) is 2.36. The summed E-state index contributed by atoms with van der Waals surface area (Å²) >= 11 is 0. The van der Waals surface area contributed by atoms with Gasteiger partial charge in [0.1, 0.15) is 6.54 Å². The van der Waals surface area contributed by atoms with E-state index in [9.17, 15) is 13.2 Å². The number of aryl methyl sites for hydroxylation is 1. The van der Waals surface area contributed by atoms with E-state index in [2.05, 4.69) is 9.97 Å². The molecule has 1 aromatic heterocycles. The molecular weight excluding hydrogens is 282 g/mol. The summed E-state index contributed by atoms with van der Waals surface area (Å²) in [4.78, 5) is 17.1. The molecule has 0 aliphatic rings. The van der Waals surface area contributed by atoms with Crippen molar-refractivity contribution in [3.63, 3.8) is 0 Å². The number of carbonyl (C=O) groups is 1. The molecule has 0 bridgehead atoms. The van der Waals surface area contributed by atoms with E-state index >= 15 is 0 Å². The largest absolute Gasteiger partial charge is 0.480 e. The predicted molar refractivity (Wildman–Crippen MR) is 71.9 cm³/mol. The van der Waals surface area contributed by atoms with Crippen molar-refractivity contribution in [2.75, 3.05) is 10.8 Å². The Hall–Kier alpha value is -2.35. The molecule has 0 atom stereocenters. The SMILES string of the molecule is Cc1ccc(N(CC(=O)O)S(=O)(=O)c2cnc[nH]2)cc1. The van der Waals surface area contributed by atoms with Crippen LogP contribution >= 0.6 is 0 Å². The van der Waals surface area contributed by atoms with Crippen molar-refractivity contribution in [3.8, 4) is 0 Å². The third kappa shape index (κ3) is 2.80. The lowest BCUT2D eigenvalue weighted by Crippen LogP contribution is -2.35. The first-order valence-corrected chi connectivity index (χ1v) is 7.15. The summed E-state index contributed by atoms with van der Waals surface area (Å²) in [5.41, 5.74) is 1.23. The highest BCUT2D eigenvalue weighted by molar-refractivity contribution is 7.92. The molecule has 0 unspecified atom stereocenters. The van der Waals surface area contributed by atoms with Crippen LogP contribution < -0.4 is 4.31 Å². The van der Waals surface area contributed by atoms with E-state index in [4.69, 9.17) is 5.11 Å². The lowest BCUT2D eigenvalue weighted by molar-refractivity contribution is -0.135. The van der Waals surface area contributed by atoms with Gasteiger partial charge in [-0.3, -0.25) is 9.10 Å². The van der Waals surface area contributed by atoms with Crippen LogP contribution in [-0.2, 0) is 14.8 Å². The average Bonchev–Trinajstić information content (AvgIpc) is 2.91. The topological polar surface area (TPSA) is 103 Å². The van der Waals surface area contributed by atoms with Gasteiger partial charge in [-0.15, -0.1) is 0 Å². The van der Waals surface area contributed by atoms with Gasteiger partial charge in [0.2, 0.25) is 0 Å². The summed E-state index contributed by atoms with van der Waals surface area (Å²) in [6, 6.07) is 6.55. The minimum Gasteiger partial charge on any atom is -0.480 e. The van der Waals surface area contributed by atoms with Gasteiger partial charge >= 0.3 is 5.97 Å². The van der Waals surface area contributed by atoms with Crippen molar-refractivity contribution in [1.82, 2.24) is 9.97 Å². The summed E-state index contributed by atoms with van der Waals surface area (Å²) in [5, 5.41) is 8.78. The van der Waals surface area contributed by atoms with Crippen LogP contribution in [0.25, 0.3) is 0 Å². The quantitative estimate of drug-likeness (QED) is 0.856. The number of sulfonamides is 1. The van der Waals surface area contributed by atoms with E-state index in [0.717, 1.165) is 16.1 Å². The molecule has 8 heteroatoms. The first-order valence-electron chi connectivity index (χ1n) is 5.71. The second kappa shape index (κ2) is 5.33. The van der Waals surface area contributed by atoms with Crippen LogP contribution in [0.2, 0.25) is 0 Å². The first kappa shape index (κ1) is 14.1. The number of hydrogen-bond donors (Lipinski definition) is 2. The Morgan fingerprint density at radius 3 is 2.50 bits per heavy atom. The molecule has 1 aromatic carbocycles. The fraction of sp³-hybridized carbons (Fsp3) is 0.167. The Kier molecular flexibility index (Phi) is 3.75. The van der Waals surface area contributed by atoms with Gasteiger partial charge in [0.05, 0.1) is 18.2 Å². The molecule has 0 aliphatic heterocycles. The Labute approximate surface area is 115 Å². The number of benzene rings is 1. The molecule has 0 saturated carbocycles. The van der Waals surface area contributed by atoms with Crippen LogP contribution in [0.4, 0.5) is 5.69 Å². The maximum absolute atomic E-state index is 12.4. The lowest BCUT2D eigenvalue weighted by atomic mass is 10.2. The number of carboxylic acid groups (broad SMARTS) is 1. The zero-order valence-corrected chi connectivity index (χ0v) is 11.5. The van der Waals surface area contributed by atoms with E-state index in [1.165, 1.54) is 6.33 Å². The molecule has 0 aliphatic carbocycles.